The normalized spacial score (nSPS) is 10.8. The Balaban J connectivity index is 2.15. The minimum atomic E-state index is 0.479. The minimum Gasteiger partial charge on any atom is -0.495 e. The van der Waals surface area contributed by atoms with Crippen LogP contribution in [-0.4, -0.2) is 25.2 Å². The predicted octanol–water partition coefficient (Wildman–Crippen LogP) is 3.42. The van der Waals surface area contributed by atoms with Gasteiger partial charge < -0.3 is 15.0 Å². The summed E-state index contributed by atoms with van der Waals surface area (Å²) in [6, 6.07) is 8.44. The summed E-state index contributed by atoms with van der Waals surface area (Å²) in [6.45, 7) is 5.14. The van der Waals surface area contributed by atoms with Gasteiger partial charge in [0.2, 0.25) is 0 Å². The van der Waals surface area contributed by atoms with E-state index in [9.17, 15) is 0 Å². The van der Waals surface area contributed by atoms with Gasteiger partial charge in [0.05, 0.1) is 12.8 Å². The van der Waals surface area contributed by atoms with Crippen molar-refractivity contribution in [3.8, 4) is 5.75 Å². The SMILES string of the molecule is COc1ccccc1N(C)c1ncc(CNC(C)C)s1. The van der Waals surface area contributed by atoms with Crippen molar-refractivity contribution in [3.05, 3.63) is 35.3 Å². The highest BCUT2D eigenvalue weighted by Crippen LogP contribution is 2.34. The van der Waals surface area contributed by atoms with Crippen LogP contribution < -0.4 is 15.0 Å². The van der Waals surface area contributed by atoms with E-state index in [2.05, 4.69) is 29.0 Å². The molecule has 0 amide bonds. The Hall–Kier alpha value is -1.59. The molecule has 0 unspecified atom stereocenters. The number of para-hydroxylation sites is 2. The number of thiazole rings is 1. The van der Waals surface area contributed by atoms with E-state index in [1.807, 2.05) is 37.5 Å². The number of nitrogens with zero attached hydrogens (tertiary/aromatic N) is 2. The molecule has 0 saturated heterocycles. The second kappa shape index (κ2) is 6.72. The van der Waals surface area contributed by atoms with Gasteiger partial charge in [-0.15, -0.1) is 11.3 Å². The van der Waals surface area contributed by atoms with Gasteiger partial charge in [0.25, 0.3) is 0 Å². The van der Waals surface area contributed by atoms with Crippen LogP contribution in [-0.2, 0) is 6.54 Å². The van der Waals surface area contributed by atoms with Crippen molar-refractivity contribution in [1.29, 1.82) is 0 Å². The van der Waals surface area contributed by atoms with E-state index in [4.69, 9.17) is 4.74 Å². The summed E-state index contributed by atoms with van der Waals surface area (Å²) >= 11 is 1.69. The third-order valence-corrected chi connectivity index (χ3v) is 4.03. The smallest absolute Gasteiger partial charge is 0.189 e. The molecular weight excluding hydrogens is 270 g/mol. The van der Waals surface area contributed by atoms with Crippen molar-refractivity contribution < 1.29 is 4.74 Å². The van der Waals surface area contributed by atoms with Crippen LogP contribution in [0.3, 0.4) is 0 Å². The second-order valence-electron chi connectivity index (χ2n) is 4.88. The third kappa shape index (κ3) is 3.49. The Kier molecular flexibility index (Phi) is 4.98. The second-order valence-corrected chi connectivity index (χ2v) is 5.97. The lowest BCUT2D eigenvalue weighted by Gasteiger charge is -2.18. The monoisotopic (exact) mass is 291 g/mol. The molecule has 0 aliphatic rings. The molecule has 1 N–H and O–H groups in total. The first-order valence-corrected chi connectivity index (χ1v) is 7.48. The lowest BCUT2D eigenvalue weighted by Crippen LogP contribution is -2.21. The summed E-state index contributed by atoms with van der Waals surface area (Å²) < 4.78 is 5.40. The number of ether oxygens (including phenoxy) is 1. The Morgan fingerprint density at radius 2 is 2.10 bits per heavy atom. The van der Waals surface area contributed by atoms with Crippen molar-refractivity contribution in [2.75, 3.05) is 19.1 Å². The fourth-order valence-electron chi connectivity index (χ4n) is 1.85. The van der Waals surface area contributed by atoms with Gasteiger partial charge >= 0.3 is 0 Å². The van der Waals surface area contributed by atoms with E-state index in [0.29, 0.717) is 6.04 Å². The zero-order chi connectivity index (χ0) is 14.5. The maximum Gasteiger partial charge on any atom is 0.189 e. The van der Waals surface area contributed by atoms with Crippen LogP contribution in [0.15, 0.2) is 30.5 Å². The van der Waals surface area contributed by atoms with Gasteiger partial charge in [0.15, 0.2) is 5.13 Å². The predicted molar refractivity (Wildman–Crippen MR) is 85.1 cm³/mol. The number of nitrogens with one attached hydrogen (secondary N) is 1. The van der Waals surface area contributed by atoms with E-state index in [0.717, 1.165) is 23.1 Å². The lowest BCUT2D eigenvalue weighted by atomic mass is 10.3. The molecule has 2 aromatic rings. The van der Waals surface area contributed by atoms with Crippen molar-refractivity contribution in [3.63, 3.8) is 0 Å². The molecule has 0 bridgehead atoms. The highest BCUT2D eigenvalue weighted by Gasteiger charge is 2.12. The van der Waals surface area contributed by atoms with Gasteiger partial charge in [-0.1, -0.05) is 26.0 Å². The van der Waals surface area contributed by atoms with Gasteiger partial charge in [0, 0.05) is 30.7 Å². The number of hydrogen-bond donors (Lipinski definition) is 1. The number of rotatable bonds is 6. The molecule has 20 heavy (non-hydrogen) atoms. The summed E-state index contributed by atoms with van der Waals surface area (Å²) in [5.41, 5.74) is 1.02. The summed E-state index contributed by atoms with van der Waals surface area (Å²) in [5, 5.41) is 4.37. The molecule has 1 aromatic heterocycles. The Morgan fingerprint density at radius 1 is 1.35 bits per heavy atom. The molecule has 0 atom stereocenters. The first-order valence-electron chi connectivity index (χ1n) is 6.66. The molecule has 1 heterocycles. The minimum absolute atomic E-state index is 0.479. The zero-order valence-corrected chi connectivity index (χ0v) is 13.2. The highest BCUT2D eigenvalue weighted by atomic mass is 32.1. The molecule has 108 valence electrons. The molecule has 5 heteroatoms. The highest BCUT2D eigenvalue weighted by molar-refractivity contribution is 7.15. The molecule has 0 spiro atoms. The van der Waals surface area contributed by atoms with Gasteiger partial charge in [0.1, 0.15) is 5.75 Å². The van der Waals surface area contributed by atoms with Crippen LogP contribution in [0.25, 0.3) is 0 Å². The molecule has 0 aliphatic carbocycles. The molecule has 0 aliphatic heterocycles. The summed E-state index contributed by atoms with van der Waals surface area (Å²) in [4.78, 5) is 7.78. The first kappa shape index (κ1) is 14.8. The fourth-order valence-corrected chi connectivity index (χ4v) is 2.68. The average molecular weight is 291 g/mol. The average Bonchev–Trinajstić information content (AvgIpc) is 2.93. The summed E-state index contributed by atoms with van der Waals surface area (Å²) in [7, 11) is 3.70. The Labute approximate surface area is 124 Å². The number of methoxy groups -OCH3 is 1. The van der Waals surface area contributed by atoms with Crippen molar-refractivity contribution in [2.45, 2.75) is 26.4 Å². The van der Waals surface area contributed by atoms with Crippen LogP contribution >= 0.6 is 11.3 Å². The summed E-state index contributed by atoms with van der Waals surface area (Å²) in [5.74, 6) is 0.854. The Morgan fingerprint density at radius 3 is 2.80 bits per heavy atom. The summed E-state index contributed by atoms with van der Waals surface area (Å²) in [6.07, 6.45) is 1.93. The first-order chi connectivity index (χ1) is 9.61. The van der Waals surface area contributed by atoms with Crippen LogP contribution in [0, 0.1) is 0 Å². The van der Waals surface area contributed by atoms with Crippen LogP contribution in [0.4, 0.5) is 10.8 Å². The van der Waals surface area contributed by atoms with Crippen LogP contribution in [0.2, 0.25) is 0 Å². The molecule has 0 saturated carbocycles. The molecule has 0 radical (unpaired) electrons. The molecule has 0 fully saturated rings. The van der Waals surface area contributed by atoms with E-state index < -0.39 is 0 Å². The fraction of sp³-hybridized carbons (Fsp3) is 0.400. The van der Waals surface area contributed by atoms with Gasteiger partial charge in [-0.3, -0.25) is 0 Å². The van der Waals surface area contributed by atoms with Crippen LogP contribution in [0.1, 0.15) is 18.7 Å². The molecule has 2 rings (SSSR count). The van der Waals surface area contributed by atoms with E-state index in [1.54, 1.807) is 18.4 Å². The maximum atomic E-state index is 5.40. The quantitative estimate of drug-likeness (QED) is 0.885. The number of aromatic nitrogens is 1. The molecule has 4 nitrogen and oxygen atoms in total. The Bertz CT molecular complexity index is 554. The largest absolute Gasteiger partial charge is 0.495 e. The van der Waals surface area contributed by atoms with Gasteiger partial charge in [-0.25, -0.2) is 4.98 Å². The van der Waals surface area contributed by atoms with Crippen LogP contribution in [0.5, 0.6) is 5.75 Å². The van der Waals surface area contributed by atoms with E-state index in [1.165, 1.54) is 4.88 Å². The van der Waals surface area contributed by atoms with E-state index in [-0.39, 0.29) is 0 Å². The lowest BCUT2D eigenvalue weighted by molar-refractivity contribution is 0.415. The molecule has 1 aromatic carbocycles. The van der Waals surface area contributed by atoms with Gasteiger partial charge in [-0.2, -0.15) is 0 Å². The van der Waals surface area contributed by atoms with E-state index >= 15 is 0 Å². The number of hydrogen-bond acceptors (Lipinski definition) is 5. The van der Waals surface area contributed by atoms with Gasteiger partial charge in [-0.05, 0) is 12.1 Å². The maximum absolute atomic E-state index is 5.40. The number of benzene rings is 1. The third-order valence-electron chi connectivity index (χ3n) is 2.96. The standard InChI is InChI=1S/C15H21N3OS/c1-11(2)16-9-12-10-17-15(20-12)18(3)13-7-5-6-8-14(13)19-4/h5-8,10-11,16H,9H2,1-4H3. The topological polar surface area (TPSA) is 37.4 Å². The zero-order valence-electron chi connectivity index (χ0n) is 12.4. The molecular formula is C15H21N3OS. The number of anilines is 2. The van der Waals surface area contributed by atoms with Crippen molar-refractivity contribution >= 4 is 22.2 Å². The van der Waals surface area contributed by atoms with Crippen molar-refractivity contribution in [2.24, 2.45) is 0 Å². The van der Waals surface area contributed by atoms with Crippen molar-refractivity contribution in [1.82, 2.24) is 10.3 Å².